The second kappa shape index (κ2) is 8.17. The van der Waals surface area contributed by atoms with E-state index in [2.05, 4.69) is 5.32 Å². The Morgan fingerprint density at radius 3 is 2.56 bits per heavy atom. The maximum atomic E-state index is 12.4. The minimum Gasteiger partial charge on any atom is -0.495 e. The number of methoxy groups -OCH3 is 1. The molecule has 0 fully saturated rings. The number of nitrogens with one attached hydrogen (secondary N) is 1. The molecule has 0 aliphatic heterocycles. The number of rotatable bonds is 7. The van der Waals surface area contributed by atoms with Gasteiger partial charge >= 0.3 is 0 Å². The molecule has 2 aromatic carbocycles. The summed E-state index contributed by atoms with van der Waals surface area (Å²) in [6.45, 7) is 0.262. The van der Waals surface area contributed by atoms with Crippen molar-refractivity contribution in [3.05, 3.63) is 84.3 Å². The Balaban J connectivity index is 1.68. The molecule has 1 amide bonds. The Hall–Kier alpha value is -3.05. The van der Waals surface area contributed by atoms with E-state index in [0.717, 1.165) is 11.3 Å². The SMILES string of the molecule is COc1ccccc1NC(=O)C[NH2+][C@H](c1ccccc1)c1ccco1. The molecule has 3 rings (SSSR count). The van der Waals surface area contributed by atoms with Gasteiger partial charge in [-0.2, -0.15) is 0 Å². The van der Waals surface area contributed by atoms with Crippen LogP contribution in [0.5, 0.6) is 5.75 Å². The van der Waals surface area contributed by atoms with Crippen LogP contribution in [0.3, 0.4) is 0 Å². The van der Waals surface area contributed by atoms with E-state index in [-0.39, 0.29) is 18.5 Å². The van der Waals surface area contributed by atoms with E-state index >= 15 is 0 Å². The van der Waals surface area contributed by atoms with Gasteiger partial charge in [0.05, 0.1) is 19.1 Å². The predicted molar refractivity (Wildman–Crippen MR) is 95.4 cm³/mol. The highest BCUT2D eigenvalue weighted by atomic mass is 16.5. The summed E-state index contributed by atoms with van der Waals surface area (Å²) in [5, 5.41) is 4.85. The lowest BCUT2D eigenvalue weighted by Crippen LogP contribution is -2.87. The number of carbonyl (C=O) groups excluding carboxylic acids is 1. The molecule has 0 spiro atoms. The molecule has 0 aliphatic carbocycles. The fourth-order valence-electron chi connectivity index (χ4n) is 2.72. The number of benzene rings is 2. The normalized spacial score (nSPS) is 11.7. The molecule has 1 heterocycles. The van der Waals surface area contributed by atoms with Gasteiger partial charge in [0, 0.05) is 5.56 Å². The summed E-state index contributed by atoms with van der Waals surface area (Å²) in [7, 11) is 1.58. The Kier molecular flexibility index (Phi) is 5.49. The zero-order chi connectivity index (χ0) is 17.5. The van der Waals surface area contributed by atoms with Crippen LogP contribution in [0.25, 0.3) is 0 Å². The van der Waals surface area contributed by atoms with E-state index in [4.69, 9.17) is 9.15 Å². The summed E-state index contributed by atoms with van der Waals surface area (Å²) in [6, 6.07) is 21.1. The topological polar surface area (TPSA) is 68.1 Å². The molecule has 1 aromatic heterocycles. The van der Waals surface area contributed by atoms with Gasteiger partial charge in [0.2, 0.25) is 0 Å². The van der Waals surface area contributed by atoms with Crippen molar-refractivity contribution < 1.29 is 19.3 Å². The van der Waals surface area contributed by atoms with Gasteiger partial charge in [-0.25, -0.2) is 0 Å². The average molecular weight is 337 g/mol. The first-order valence-electron chi connectivity index (χ1n) is 8.12. The zero-order valence-electron chi connectivity index (χ0n) is 14.0. The van der Waals surface area contributed by atoms with E-state index in [9.17, 15) is 4.79 Å². The minimum atomic E-state index is -0.100. The van der Waals surface area contributed by atoms with Crippen LogP contribution in [-0.4, -0.2) is 19.6 Å². The third kappa shape index (κ3) is 4.28. The summed E-state index contributed by atoms with van der Waals surface area (Å²) in [5.74, 6) is 1.36. The number of furan rings is 1. The van der Waals surface area contributed by atoms with E-state index in [0.29, 0.717) is 11.4 Å². The largest absolute Gasteiger partial charge is 0.495 e. The van der Waals surface area contributed by atoms with E-state index in [1.165, 1.54) is 0 Å². The van der Waals surface area contributed by atoms with Gasteiger partial charge in [0.1, 0.15) is 5.75 Å². The molecule has 5 heteroatoms. The van der Waals surface area contributed by atoms with Crippen LogP contribution in [0.1, 0.15) is 17.4 Å². The van der Waals surface area contributed by atoms with Crippen LogP contribution in [0.4, 0.5) is 5.69 Å². The van der Waals surface area contributed by atoms with Crippen molar-refractivity contribution in [2.45, 2.75) is 6.04 Å². The lowest BCUT2D eigenvalue weighted by Gasteiger charge is -2.14. The third-order valence-corrected chi connectivity index (χ3v) is 3.93. The summed E-state index contributed by atoms with van der Waals surface area (Å²) in [4.78, 5) is 12.4. The second-order valence-electron chi connectivity index (χ2n) is 5.59. The van der Waals surface area contributed by atoms with Gasteiger partial charge in [-0.3, -0.25) is 4.79 Å². The zero-order valence-corrected chi connectivity index (χ0v) is 14.0. The highest BCUT2D eigenvalue weighted by Crippen LogP contribution is 2.22. The van der Waals surface area contributed by atoms with E-state index < -0.39 is 0 Å². The lowest BCUT2D eigenvalue weighted by molar-refractivity contribution is -0.678. The van der Waals surface area contributed by atoms with Gasteiger partial charge in [-0.05, 0) is 24.3 Å². The standard InChI is InChI=1S/C20H20N2O3/c1-24-17-11-6-5-10-16(17)22-19(23)14-21-20(18-12-7-13-25-18)15-8-3-2-4-9-15/h2-13,20-21H,14H2,1H3,(H,22,23)/p+1/t20-/m1/s1. The number of anilines is 1. The fourth-order valence-corrected chi connectivity index (χ4v) is 2.72. The maximum absolute atomic E-state index is 12.4. The highest BCUT2D eigenvalue weighted by Gasteiger charge is 2.21. The van der Waals surface area contributed by atoms with Gasteiger partial charge in [0.25, 0.3) is 5.91 Å². The first-order chi connectivity index (χ1) is 12.3. The second-order valence-corrected chi connectivity index (χ2v) is 5.59. The molecule has 0 unspecified atom stereocenters. The van der Waals surface area contributed by atoms with Crippen molar-refractivity contribution in [3.8, 4) is 5.75 Å². The number of amides is 1. The Morgan fingerprint density at radius 1 is 1.08 bits per heavy atom. The molecule has 0 bridgehead atoms. The number of carbonyl (C=O) groups is 1. The lowest BCUT2D eigenvalue weighted by atomic mass is 10.0. The third-order valence-electron chi connectivity index (χ3n) is 3.93. The van der Waals surface area contributed by atoms with Crippen molar-refractivity contribution in [2.75, 3.05) is 19.0 Å². The van der Waals surface area contributed by atoms with E-state index in [1.54, 1.807) is 13.4 Å². The smallest absolute Gasteiger partial charge is 0.279 e. The Bertz CT molecular complexity index is 801. The van der Waals surface area contributed by atoms with E-state index in [1.807, 2.05) is 72.0 Å². The molecule has 0 saturated carbocycles. The predicted octanol–water partition coefficient (Wildman–Crippen LogP) is 2.58. The van der Waals surface area contributed by atoms with Crippen LogP contribution in [0.2, 0.25) is 0 Å². The monoisotopic (exact) mass is 337 g/mol. The van der Waals surface area contributed by atoms with Gasteiger partial charge in [0.15, 0.2) is 18.3 Å². The van der Waals surface area contributed by atoms with Crippen molar-refractivity contribution in [1.29, 1.82) is 0 Å². The summed E-state index contributed by atoms with van der Waals surface area (Å²) < 4.78 is 10.8. The van der Waals surface area contributed by atoms with Gasteiger partial charge in [-0.1, -0.05) is 42.5 Å². The summed E-state index contributed by atoms with van der Waals surface area (Å²) >= 11 is 0. The number of ether oxygens (including phenoxy) is 1. The first kappa shape index (κ1) is 16.8. The quantitative estimate of drug-likeness (QED) is 0.696. The van der Waals surface area contributed by atoms with Crippen LogP contribution in [-0.2, 0) is 4.79 Å². The van der Waals surface area contributed by atoms with Crippen LogP contribution in [0, 0.1) is 0 Å². The molecule has 0 saturated heterocycles. The molecule has 3 aromatic rings. The van der Waals surface area contributed by atoms with Crippen molar-refractivity contribution in [3.63, 3.8) is 0 Å². The summed E-state index contributed by atoms with van der Waals surface area (Å²) in [6.07, 6.45) is 1.65. The molecule has 3 N–H and O–H groups in total. The maximum Gasteiger partial charge on any atom is 0.279 e. The van der Waals surface area contributed by atoms with Crippen molar-refractivity contribution in [1.82, 2.24) is 0 Å². The minimum absolute atomic E-state index is 0.0698. The molecule has 1 atom stereocenters. The van der Waals surface area contributed by atoms with Gasteiger partial charge < -0.3 is 19.8 Å². The number of hydrogen-bond donors (Lipinski definition) is 2. The number of hydrogen-bond acceptors (Lipinski definition) is 3. The number of nitrogens with two attached hydrogens (primary N) is 1. The number of para-hydroxylation sites is 2. The average Bonchev–Trinajstić information content (AvgIpc) is 3.18. The first-order valence-corrected chi connectivity index (χ1v) is 8.12. The Labute approximate surface area is 146 Å². The number of quaternary nitrogens is 1. The highest BCUT2D eigenvalue weighted by molar-refractivity contribution is 5.92. The molecule has 128 valence electrons. The molecule has 0 aliphatic rings. The van der Waals surface area contributed by atoms with Crippen LogP contribution >= 0.6 is 0 Å². The van der Waals surface area contributed by atoms with Crippen molar-refractivity contribution in [2.24, 2.45) is 0 Å². The molecular weight excluding hydrogens is 316 g/mol. The Morgan fingerprint density at radius 2 is 1.84 bits per heavy atom. The van der Waals surface area contributed by atoms with Crippen LogP contribution in [0.15, 0.2) is 77.4 Å². The van der Waals surface area contributed by atoms with Crippen LogP contribution < -0.4 is 15.4 Å². The van der Waals surface area contributed by atoms with Crippen molar-refractivity contribution >= 4 is 11.6 Å². The van der Waals surface area contributed by atoms with Gasteiger partial charge in [-0.15, -0.1) is 0 Å². The molecular formula is C20H21N2O3+. The molecule has 5 nitrogen and oxygen atoms in total. The summed E-state index contributed by atoms with van der Waals surface area (Å²) in [5.41, 5.74) is 1.75. The molecule has 25 heavy (non-hydrogen) atoms. The fraction of sp³-hybridized carbons (Fsp3) is 0.150. The molecule has 0 radical (unpaired) electrons.